The van der Waals surface area contributed by atoms with Gasteiger partial charge in [0.1, 0.15) is 19.0 Å². The normalized spacial score (nSPS) is 14.5. The minimum Gasteiger partial charge on any atom is -0.493 e. The standard InChI is InChI=1S/C26H22ClNO5S/c1-31-22-7-2-3-8-23(22)32-14-13-28-25(29)24(34-26(28)30)16-18-9-11-21(12-10-18)33-17-19-5-4-6-20(27)15-19/h2-12,15-16H,13-14,17H2,1H3/b24-16-. The molecular weight excluding hydrogens is 474 g/mol. The molecule has 3 aromatic rings. The zero-order valence-corrected chi connectivity index (χ0v) is 20.0. The lowest BCUT2D eigenvalue weighted by molar-refractivity contribution is -0.123. The Hall–Kier alpha value is -3.42. The molecular formula is C26H22ClNO5S. The Morgan fingerprint density at radius 3 is 2.44 bits per heavy atom. The number of imide groups is 1. The number of rotatable bonds is 9. The van der Waals surface area contributed by atoms with E-state index in [2.05, 4.69) is 0 Å². The minimum atomic E-state index is -0.333. The van der Waals surface area contributed by atoms with Crippen LogP contribution >= 0.6 is 23.4 Å². The van der Waals surface area contributed by atoms with Crippen LogP contribution in [0.4, 0.5) is 4.79 Å². The van der Waals surface area contributed by atoms with Crippen molar-refractivity contribution in [1.29, 1.82) is 0 Å². The summed E-state index contributed by atoms with van der Waals surface area (Å²) in [5, 5.41) is 0.345. The molecule has 8 heteroatoms. The molecule has 174 valence electrons. The van der Waals surface area contributed by atoms with E-state index in [0.717, 1.165) is 22.9 Å². The number of hydrogen-bond donors (Lipinski definition) is 0. The molecule has 1 aliphatic heterocycles. The van der Waals surface area contributed by atoms with Crippen molar-refractivity contribution in [3.63, 3.8) is 0 Å². The predicted molar refractivity (Wildman–Crippen MR) is 133 cm³/mol. The summed E-state index contributed by atoms with van der Waals surface area (Å²) in [4.78, 5) is 26.7. The van der Waals surface area contributed by atoms with Crippen LogP contribution in [0.15, 0.2) is 77.7 Å². The molecule has 0 radical (unpaired) electrons. The molecule has 1 fully saturated rings. The largest absolute Gasteiger partial charge is 0.493 e. The van der Waals surface area contributed by atoms with Crippen molar-refractivity contribution in [2.75, 3.05) is 20.3 Å². The number of ether oxygens (including phenoxy) is 3. The maximum Gasteiger partial charge on any atom is 0.293 e. The summed E-state index contributed by atoms with van der Waals surface area (Å²) >= 11 is 6.92. The molecule has 0 aromatic heterocycles. The second kappa shape index (κ2) is 11.1. The fourth-order valence-electron chi connectivity index (χ4n) is 3.28. The molecule has 3 aromatic carbocycles. The molecule has 0 unspecified atom stereocenters. The molecule has 0 aliphatic carbocycles. The van der Waals surface area contributed by atoms with Crippen molar-refractivity contribution in [2.45, 2.75) is 6.61 Å². The van der Waals surface area contributed by atoms with Gasteiger partial charge in [0.25, 0.3) is 11.1 Å². The first-order valence-corrected chi connectivity index (χ1v) is 11.7. The van der Waals surface area contributed by atoms with E-state index in [9.17, 15) is 9.59 Å². The third-order valence-corrected chi connectivity index (χ3v) is 6.13. The molecule has 4 rings (SSSR count). The van der Waals surface area contributed by atoms with Gasteiger partial charge in [-0.15, -0.1) is 0 Å². The van der Waals surface area contributed by atoms with E-state index in [4.69, 9.17) is 25.8 Å². The van der Waals surface area contributed by atoms with Gasteiger partial charge in [-0.1, -0.05) is 48.0 Å². The topological polar surface area (TPSA) is 65.1 Å². The third-order valence-electron chi connectivity index (χ3n) is 4.99. The Kier molecular flexibility index (Phi) is 7.77. The van der Waals surface area contributed by atoms with Crippen molar-refractivity contribution in [2.24, 2.45) is 0 Å². The Balaban J connectivity index is 1.33. The van der Waals surface area contributed by atoms with Gasteiger partial charge in [-0.05, 0) is 65.4 Å². The number of carbonyl (C=O) groups is 2. The molecule has 1 aliphatic rings. The van der Waals surface area contributed by atoms with Crippen molar-refractivity contribution >= 4 is 40.6 Å². The molecule has 0 atom stereocenters. The number of halogens is 1. The van der Waals surface area contributed by atoms with E-state index in [0.29, 0.717) is 33.8 Å². The zero-order chi connectivity index (χ0) is 23.9. The average Bonchev–Trinajstić information content (AvgIpc) is 3.11. The summed E-state index contributed by atoms with van der Waals surface area (Å²) in [7, 11) is 1.56. The van der Waals surface area contributed by atoms with Crippen LogP contribution in [0, 0.1) is 0 Å². The summed E-state index contributed by atoms with van der Waals surface area (Å²) in [5.74, 6) is 1.51. The summed E-state index contributed by atoms with van der Waals surface area (Å²) in [6, 6.07) is 22.0. The van der Waals surface area contributed by atoms with Gasteiger partial charge in [-0.3, -0.25) is 14.5 Å². The Labute approximate surface area is 207 Å². The van der Waals surface area contributed by atoms with Gasteiger partial charge in [-0.25, -0.2) is 0 Å². The van der Waals surface area contributed by atoms with E-state index in [1.165, 1.54) is 4.90 Å². The molecule has 1 heterocycles. The van der Waals surface area contributed by atoms with Gasteiger partial charge in [0, 0.05) is 5.02 Å². The average molecular weight is 496 g/mol. The molecule has 0 saturated carbocycles. The number of benzene rings is 3. The molecule has 1 saturated heterocycles. The van der Waals surface area contributed by atoms with Crippen molar-refractivity contribution in [1.82, 2.24) is 4.90 Å². The van der Waals surface area contributed by atoms with E-state index < -0.39 is 0 Å². The lowest BCUT2D eigenvalue weighted by atomic mass is 10.2. The highest BCUT2D eigenvalue weighted by atomic mass is 35.5. The van der Waals surface area contributed by atoms with Crippen LogP contribution in [0.1, 0.15) is 11.1 Å². The maximum absolute atomic E-state index is 12.7. The summed E-state index contributed by atoms with van der Waals surface area (Å²) in [5.41, 5.74) is 1.77. The molecule has 6 nitrogen and oxygen atoms in total. The first kappa shape index (κ1) is 23.7. The molecule has 2 amide bonds. The number of thioether (sulfide) groups is 1. The van der Waals surface area contributed by atoms with Gasteiger partial charge in [-0.2, -0.15) is 0 Å². The number of para-hydroxylation sites is 2. The second-order valence-electron chi connectivity index (χ2n) is 7.32. The van der Waals surface area contributed by atoms with E-state index in [-0.39, 0.29) is 24.3 Å². The van der Waals surface area contributed by atoms with Gasteiger partial charge < -0.3 is 14.2 Å². The summed E-state index contributed by atoms with van der Waals surface area (Å²) < 4.78 is 16.7. The smallest absolute Gasteiger partial charge is 0.293 e. The number of methoxy groups -OCH3 is 1. The zero-order valence-electron chi connectivity index (χ0n) is 18.4. The quantitative estimate of drug-likeness (QED) is 0.337. The van der Waals surface area contributed by atoms with Crippen molar-refractivity contribution < 1.29 is 23.8 Å². The molecule has 0 bridgehead atoms. The SMILES string of the molecule is COc1ccccc1OCCN1C(=O)S/C(=C\c2ccc(OCc3cccc(Cl)c3)cc2)C1=O. The van der Waals surface area contributed by atoms with E-state index in [1.54, 1.807) is 25.3 Å². The highest BCUT2D eigenvalue weighted by molar-refractivity contribution is 8.18. The van der Waals surface area contributed by atoms with Gasteiger partial charge in [0.05, 0.1) is 18.6 Å². The predicted octanol–water partition coefficient (Wildman–Crippen LogP) is 6.04. The number of hydrogen-bond acceptors (Lipinski definition) is 6. The lowest BCUT2D eigenvalue weighted by Gasteiger charge is -2.14. The second-order valence-corrected chi connectivity index (χ2v) is 8.75. The first-order chi connectivity index (χ1) is 16.5. The van der Waals surface area contributed by atoms with Crippen LogP contribution in [0.5, 0.6) is 17.2 Å². The monoisotopic (exact) mass is 495 g/mol. The van der Waals surface area contributed by atoms with E-state index >= 15 is 0 Å². The molecule has 0 N–H and O–H groups in total. The molecule has 0 spiro atoms. The van der Waals surface area contributed by atoms with Gasteiger partial charge in [0.2, 0.25) is 0 Å². The van der Waals surface area contributed by atoms with Crippen LogP contribution in [-0.4, -0.2) is 36.3 Å². The Morgan fingerprint density at radius 2 is 1.71 bits per heavy atom. The van der Waals surface area contributed by atoms with Crippen molar-refractivity contribution in [3.8, 4) is 17.2 Å². The lowest BCUT2D eigenvalue weighted by Crippen LogP contribution is -2.32. The van der Waals surface area contributed by atoms with Crippen LogP contribution in [-0.2, 0) is 11.4 Å². The van der Waals surface area contributed by atoms with Crippen LogP contribution in [0.25, 0.3) is 6.08 Å². The molecule has 34 heavy (non-hydrogen) atoms. The first-order valence-electron chi connectivity index (χ1n) is 10.5. The number of amides is 2. The number of nitrogens with zero attached hydrogens (tertiary/aromatic N) is 1. The van der Waals surface area contributed by atoms with Crippen LogP contribution in [0.2, 0.25) is 5.02 Å². The minimum absolute atomic E-state index is 0.149. The maximum atomic E-state index is 12.7. The number of carbonyl (C=O) groups excluding carboxylic acids is 2. The van der Waals surface area contributed by atoms with Crippen LogP contribution in [0.3, 0.4) is 0 Å². The highest BCUT2D eigenvalue weighted by Gasteiger charge is 2.34. The fourth-order valence-corrected chi connectivity index (χ4v) is 4.36. The van der Waals surface area contributed by atoms with Gasteiger partial charge >= 0.3 is 0 Å². The van der Waals surface area contributed by atoms with E-state index in [1.807, 2.05) is 60.7 Å². The summed E-state index contributed by atoms with van der Waals surface area (Å²) in [6.07, 6.45) is 1.70. The Morgan fingerprint density at radius 1 is 0.941 bits per heavy atom. The summed E-state index contributed by atoms with van der Waals surface area (Å²) in [6.45, 7) is 0.719. The highest BCUT2D eigenvalue weighted by Crippen LogP contribution is 2.32. The van der Waals surface area contributed by atoms with Crippen molar-refractivity contribution in [3.05, 3.63) is 93.9 Å². The van der Waals surface area contributed by atoms with Crippen LogP contribution < -0.4 is 14.2 Å². The Bertz CT molecular complexity index is 1210. The van der Waals surface area contributed by atoms with Gasteiger partial charge in [0.15, 0.2) is 11.5 Å². The fraction of sp³-hybridized carbons (Fsp3) is 0.154. The third kappa shape index (κ3) is 5.92.